The molecule has 0 heterocycles. The number of ether oxygens (including phenoxy) is 1. The molecule has 0 spiro atoms. The molecule has 0 fully saturated rings. The van der Waals surface area contributed by atoms with Crippen molar-refractivity contribution in [3.8, 4) is 5.75 Å². The van der Waals surface area contributed by atoms with Crippen LogP contribution in [0.3, 0.4) is 0 Å². The first-order valence-electron chi connectivity index (χ1n) is 8.35. The van der Waals surface area contributed by atoms with E-state index in [2.05, 4.69) is 4.74 Å². The van der Waals surface area contributed by atoms with Gasteiger partial charge in [-0.25, -0.2) is 13.2 Å². The van der Waals surface area contributed by atoms with Crippen LogP contribution in [-0.2, 0) is 14.9 Å². The summed E-state index contributed by atoms with van der Waals surface area (Å²) in [6, 6.07) is 1.39. The molecule has 34 heavy (non-hydrogen) atoms. The number of benzene rings is 2. The number of fused-ring (bicyclic) bond motifs is 1. The molecule has 0 aliphatic carbocycles. The van der Waals surface area contributed by atoms with E-state index in [0.29, 0.717) is 18.2 Å². The van der Waals surface area contributed by atoms with E-state index in [-0.39, 0.29) is 0 Å². The summed E-state index contributed by atoms with van der Waals surface area (Å²) >= 11 is 5.77. The molecule has 0 radical (unpaired) electrons. The Morgan fingerprint density at radius 2 is 1.62 bits per heavy atom. The first kappa shape index (κ1) is 27.4. The number of rotatable bonds is 6. The maximum absolute atomic E-state index is 12.7. The van der Waals surface area contributed by atoms with Gasteiger partial charge in [0, 0.05) is 17.2 Å². The second kappa shape index (κ2) is 8.71. The number of esters is 1. The quantitative estimate of drug-likeness (QED) is 0.183. The number of carbonyl (C=O) groups excluding carboxylic acids is 1. The fourth-order valence-electron chi connectivity index (χ4n) is 2.72. The van der Waals surface area contributed by atoms with Crippen molar-refractivity contribution in [2.24, 2.45) is 0 Å². The number of halogens is 7. The van der Waals surface area contributed by atoms with E-state index in [9.17, 15) is 59.3 Å². The summed E-state index contributed by atoms with van der Waals surface area (Å²) in [5, 5.41) is 27.6. The molecule has 0 atom stereocenters. The van der Waals surface area contributed by atoms with Gasteiger partial charge in [-0.3, -0.25) is 10.1 Å². The van der Waals surface area contributed by atoms with Crippen molar-refractivity contribution in [3.63, 3.8) is 0 Å². The lowest BCUT2D eigenvalue weighted by Gasteiger charge is -2.32. The van der Waals surface area contributed by atoms with Crippen LogP contribution in [0.4, 0.5) is 32.0 Å². The fourth-order valence-corrected chi connectivity index (χ4v) is 3.75. The molecule has 0 saturated carbocycles. The van der Waals surface area contributed by atoms with Crippen molar-refractivity contribution in [1.82, 2.24) is 0 Å². The van der Waals surface area contributed by atoms with E-state index < -0.39 is 89.7 Å². The highest BCUT2D eigenvalue weighted by atomic mass is 35.5. The van der Waals surface area contributed by atoms with Gasteiger partial charge >= 0.3 is 24.0 Å². The van der Waals surface area contributed by atoms with E-state index in [1.165, 1.54) is 0 Å². The average Bonchev–Trinajstić information content (AvgIpc) is 2.64. The van der Waals surface area contributed by atoms with Gasteiger partial charge in [0.25, 0.3) is 5.60 Å². The Bertz CT molecular complexity index is 1260. The lowest BCUT2D eigenvalue weighted by molar-refractivity contribution is -0.385. The number of alkyl halides is 6. The lowest BCUT2D eigenvalue weighted by atomic mass is 9.99. The molecule has 2 aromatic rings. The Morgan fingerprint density at radius 3 is 2.06 bits per heavy atom. The number of hydrogen-bond donors (Lipinski definition) is 2. The van der Waals surface area contributed by atoms with E-state index >= 15 is 0 Å². The Morgan fingerprint density at radius 1 is 1.09 bits per heavy atom. The molecule has 0 aliphatic heterocycles. The van der Waals surface area contributed by atoms with Gasteiger partial charge in [-0.05, 0) is 18.2 Å². The normalized spacial score (nSPS) is 13.2. The van der Waals surface area contributed by atoms with Crippen molar-refractivity contribution < 1.29 is 64.0 Å². The zero-order valence-electron chi connectivity index (χ0n) is 15.9. The van der Waals surface area contributed by atoms with Gasteiger partial charge in [0.05, 0.1) is 22.0 Å². The molecule has 10 nitrogen and oxygen atoms in total. The van der Waals surface area contributed by atoms with Crippen LogP contribution in [0.15, 0.2) is 23.1 Å². The number of nitro groups is 1. The van der Waals surface area contributed by atoms with E-state index in [1.807, 2.05) is 0 Å². The van der Waals surface area contributed by atoms with Crippen molar-refractivity contribution in [2.75, 3.05) is 6.61 Å². The third-order valence-electron chi connectivity index (χ3n) is 4.43. The molecule has 188 valence electrons. The summed E-state index contributed by atoms with van der Waals surface area (Å²) in [5.41, 5.74) is -7.35. The molecule has 0 bridgehead atoms. The molecule has 0 amide bonds. The number of aliphatic hydroxyl groups is 1. The van der Waals surface area contributed by atoms with Crippen LogP contribution in [-0.4, -0.2) is 58.6 Å². The van der Waals surface area contributed by atoms with E-state index in [1.54, 1.807) is 0 Å². The zero-order chi connectivity index (χ0) is 26.4. The van der Waals surface area contributed by atoms with Crippen LogP contribution >= 0.6 is 11.6 Å². The maximum Gasteiger partial charge on any atom is 0.426 e. The van der Waals surface area contributed by atoms with Gasteiger partial charge in [0.1, 0.15) is 15.1 Å². The van der Waals surface area contributed by atoms with Crippen molar-refractivity contribution in [2.45, 2.75) is 29.3 Å². The third-order valence-corrected chi connectivity index (χ3v) is 5.69. The van der Waals surface area contributed by atoms with Gasteiger partial charge in [-0.2, -0.15) is 26.3 Å². The first-order valence-corrected chi connectivity index (χ1v) is 10.1. The summed E-state index contributed by atoms with van der Waals surface area (Å²) in [6.45, 7) is -1.67. The molecular weight excluding hydrogens is 532 g/mol. The molecule has 0 saturated heterocycles. The Hall–Kier alpha value is -2.89. The van der Waals surface area contributed by atoms with Crippen LogP contribution < -0.4 is 0 Å². The predicted octanol–water partition coefficient (Wildman–Crippen LogP) is 3.41. The molecule has 0 aliphatic rings. The number of hydrogen-bond acceptors (Lipinski definition) is 9. The molecule has 2 rings (SSSR count). The van der Waals surface area contributed by atoms with Gasteiger partial charge < -0.3 is 19.5 Å². The van der Waals surface area contributed by atoms with Crippen LogP contribution in [0.5, 0.6) is 5.75 Å². The van der Waals surface area contributed by atoms with Gasteiger partial charge in [-0.15, -0.1) is 0 Å². The summed E-state index contributed by atoms with van der Waals surface area (Å²) < 4.78 is 115. The Balaban J connectivity index is 2.53. The van der Waals surface area contributed by atoms with Gasteiger partial charge in [-0.1, -0.05) is 11.6 Å². The maximum atomic E-state index is 12.7. The van der Waals surface area contributed by atoms with Gasteiger partial charge in [0.15, 0.2) is 5.75 Å². The minimum atomic E-state index is -6.20. The monoisotopic (exact) mass is 540 g/mol. The molecule has 18 heteroatoms. The molecule has 2 aromatic carbocycles. The van der Waals surface area contributed by atoms with E-state index in [0.717, 1.165) is 0 Å². The molecular formula is C16H9ClF6NO9S-. The number of aromatic hydroxyl groups is 1. The number of nitro benzene ring substituents is 1. The lowest BCUT2D eigenvalue weighted by Crippen LogP contribution is -2.57. The largest absolute Gasteiger partial charge is 0.744 e. The summed E-state index contributed by atoms with van der Waals surface area (Å²) in [4.78, 5) is 20.8. The number of carbonyl (C=O) groups is 1. The third kappa shape index (κ3) is 4.96. The minimum Gasteiger partial charge on any atom is -0.744 e. The Kier molecular flexibility index (Phi) is 7.01. The Labute approximate surface area is 189 Å². The molecule has 0 unspecified atom stereocenters. The highest BCUT2D eigenvalue weighted by molar-refractivity contribution is 7.86. The van der Waals surface area contributed by atoms with Crippen LogP contribution in [0, 0.1) is 10.1 Å². The van der Waals surface area contributed by atoms with Crippen LogP contribution in [0.25, 0.3) is 10.8 Å². The number of phenols is 1. The fraction of sp³-hybridized carbons (Fsp3) is 0.312. The average molecular weight is 541 g/mol. The van der Waals surface area contributed by atoms with Gasteiger partial charge in [0.2, 0.25) is 0 Å². The second-order valence-electron chi connectivity index (χ2n) is 6.58. The number of phenolic OH excluding ortho intramolecular Hbond substituents is 1. The predicted molar refractivity (Wildman–Crippen MR) is 97.2 cm³/mol. The molecule has 0 aromatic heterocycles. The van der Waals surface area contributed by atoms with Crippen LogP contribution in [0.2, 0.25) is 5.02 Å². The van der Waals surface area contributed by atoms with Crippen LogP contribution in [0.1, 0.15) is 16.8 Å². The smallest absolute Gasteiger partial charge is 0.426 e. The summed E-state index contributed by atoms with van der Waals surface area (Å²) in [6.07, 6.45) is -14.6. The second-order valence-corrected chi connectivity index (χ2v) is 8.31. The highest BCUT2D eigenvalue weighted by Gasteiger charge is 2.70. The first-order chi connectivity index (χ1) is 15.2. The highest BCUT2D eigenvalue weighted by Crippen LogP contribution is 2.45. The van der Waals surface area contributed by atoms with Crippen molar-refractivity contribution >= 4 is 44.1 Å². The number of nitrogens with zero attached hydrogens (tertiary/aromatic N) is 1. The molecule has 2 N–H and O–H groups in total. The standard InChI is InChI=1S/C16H10ClF6NO9S/c17-11-8-3-6(13(26)33-2-1-14(27,15(18,19)20)16(21,22)23)4-10(34(30,31)32)7(8)5-9(25)12(11)24(28)29/h3-5,25,27H,1-2H2,(H,30,31,32)/p-1. The van der Waals surface area contributed by atoms with E-state index in [4.69, 9.17) is 16.7 Å². The van der Waals surface area contributed by atoms with Crippen molar-refractivity contribution in [1.29, 1.82) is 0 Å². The topological polar surface area (TPSA) is 167 Å². The van der Waals surface area contributed by atoms with Crippen molar-refractivity contribution in [3.05, 3.63) is 38.9 Å². The summed E-state index contributed by atoms with van der Waals surface area (Å²) in [7, 11) is -5.47. The SMILES string of the molecule is O=C(OCCC(O)(C(F)(F)F)C(F)(F)F)c1cc(S(=O)(=O)[O-])c2cc(O)c([N+](=O)[O-])c(Cl)c2c1. The zero-order valence-corrected chi connectivity index (χ0v) is 17.5. The summed E-state index contributed by atoms with van der Waals surface area (Å²) in [5.74, 6) is -2.91. The minimum absolute atomic E-state index is 0.314.